The second kappa shape index (κ2) is 13.3. The van der Waals surface area contributed by atoms with E-state index in [0.29, 0.717) is 24.3 Å². The average Bonchev–Trinajstić information content (AvgIpc) is 2.91. The summed E-state index contributed by atoms with van der Waals surface area (Å²) in [5.74, 6) is -0.794. The van der Waals surface area contributed by atoms with Crippen molar-refractivity contribution in [1.82, 2.24) is 0 Å². The molecule has 1 aromatic rings. The maximum absolute atomic E-state index is 11.8. The topological polar surface area (TPSA) is 63.2 Å². The molecule has 0 saturated heterocycles. The molecule has 0 bridgehead atoms. The Balaban J connectivity index is 2.16. The number of ether oxygens (including phenoxy) is 1. The first-order chi connectivity index (χ1) is 16.3. The van der Waals surface area contributed by atoms with E-state index in [2.05, 4.69) is 41.5 Å². The molecule has 0 radical (unpaired) electrons. The van der Waals surface area contributed by atoms with Crippen LogP contribution in [0.3, 0.4) is 0 Å². The van der Waals surface area contributed by atoms with Gasteiger partial charge in [0.05, 0.1) is 12.7 Å². The Morgan fingerprint density at radius 2 is 1.21 bits per heavy atom. The first kappa shape index (κ1) is 29.2. The number of carbonyl (C=O) groups excluding carboxylic acids is 1. The van der Waals surface area contributed by atoms with E-state index < -0.39 is 22.4 Å². The molecule has 0 aliphatic heterocycles. The van der Waals surface area contributed by atoms with Crippen LogP contribution in [0.4, 0.5) is 0 Å². The molecule has 0 unspecified atom stereocenters. The van der Waals surface area contributed by atoms with Gasteiger partial charge in [-0.05, 0) is 72.7 Å². The van der Waals surface area contributed by atoms with Crippen molar-refractivity contribution in [3.05, 3.63) is 35.4 Å². The third-order valence-electron chi connectivity index (χ3n) is 8.16. The molecular formula is C26H46O6Si2. The van der Waals surface area contributed by atoms with Crippen molar-refractivity contribution in [1.29, 1.82) is 0 Å². The maximum Gasteiger partial charge on any atom is 0.337 e. The summed E-state index contributed by atoms with van der Waals surface area (Å²) in [4.78, 5) is 24.3. The first-order valence-corrected chi connectivity index (χ1v) is 18.3. The summed E-state index contributed by atoms with van der Waals surface area (Å²) in [6, 6.07) is 13.9. The molecule has 0 amide bonds. The molecule has 1 saturated carbocycles. The highest BCUT2D eigenvalue weighted by molar-refractivity contribution is 6.73. The second-order valence-electron chi connectivity index (χ2n) is 9.62. The summed E-state index contributed by atoms with van der Waals surface area (Å²) in [5.41, 5.74) is 1.80. The molecule has 8 heteroatoms. The fourth-order valence-corrected chi connectivity index (χ4v) is 9.13. The Bertz CT molecular complexity index is 696. The number of rotatable bonds is 14. The minimum absolute atomic E-state index is 0.309. The molecule has 1 aliphatic rings. The van der Waals surface area contributed by atoms with Gasteiger partial charge in [0.1, 0.15) is 0 Å². The molecule has 2 rings (SSSR count). The molecule has 6 nitrogen and oxygen atoms in total. The van der Waals surface area contributed by atoms with E-state index in [9.17, 15) is 4.79 Å². The standard InChI is InChI=1S/C26H46O6Si2/c1-8-33(9-2,10-3)31-29-26(30-32-34(11-4,12-5)13-6)20-18-23(19-21-26)22-14-16-24(17-15-22)25(27)28-7/h14-17,23H,8-13,18-21H2,1-7H3. The van der Waals surface area contributed by atoms with Crippen LogP contribution in [0.1, 0.15) is 89.1 Å². The SMILES string of the molecule is CC[Si](CC)(CC)OOC1(OO[Si](CC)(CC)CC)CCC(c2ccc(C(=O)OC)cc2)CC1. The lowest BCUT2D eigenvalue weighted by Crippen LogP contribution is -2.48. The van der Waals surface area contributed by atoms with Crippen LogP contribution in [0.15, 0.2) is 24.3 Å². The van der Waals surface area contributed by atoms with Crippen LogP contribution in [0.2, 0.25) is 36.3 Å². The zero-order valence-corrected chi connectivity index (χ0v) is 24.4. The molecule has 0 aromatic heterocycles. The van der Waals surface area contributed by atoms with Crippen LogP contribution in [-0.2, 0) is 23.7 Å². The van der Waals surface area contributed by atoms with Crippen molar-refractivity contribution in [2.24, 2.45) is 0 Å². The predicted molar refractivity (Wildman–Crippen MR) is 140 cm³/mol. The molecule has 1 aliphatic carbocycles. The van der Waals surface area contributed by atoms with Crippen molar-refractivity contribution < 1.29 is 28.5 Å². The highest BCUT2D eigenvalue weighted by atomic mass is 28.4. The molecule has 194 valence electrons. The largest absolute Gasteiger partial charge is 0.465 e. The smallest absolute Gasteiger partial charge is 0.337 e. The summed E-state index contributed by atoms with van der Waals surface area (Å²) in [6.07, 6.45) is 3.23. The normalized spacial score (nSPS) is 17.0. The van der Waals surface area contributed by atoms with Gasteiger partial charge >= 0.3 is 5.97 Å². The molecule has 0 atom stereocenters. The van der Waals surface area contributed by atoms with Crippen LogP contribution >= 0.6 is 0 Å². The number of benzene rings is 1. The van der Waals surface area contributed by atoms with E-state index in [1.54, 1.807) is 0 Å². The quantitative estimate of drug-likeness (QED) is 0.0838. The number of hydrogen-bond donors (Lipinski definition) is 0. The third kappa shape index (κ3) is 7.01. The van der Waals surface area contributed by atoms with Gasteiger partial charge in [-0.2, -0.15) is 0 Å². The van der Waals surface area contributed by atoms with Gasteiger partial charge in [0.15, 0.2) is 0 Å². The summed E-state index contributed by atoms with van der Waals surface area (Å²) in [5, 5.41) is 0. The van der Waals surface area contributed by atoms with Crippen LogP contribution in [0.5, 0.6) is 0 Å². The van der Waals surface area contributed by atoms with Gasteiger partial charge in [0.25, 0.3) is 0 Å². The number of esters is 1. The fraction of sp³-hybridized carbons (Fsp3) is 0.731. The minimum atomic E-state index is -1.94. The lowest BCUT2D eigenvalue weighted by Gasteiger charge is -2.42. The molecule has 0 heterocycles. The summed E-state index contributed by atoms with van der Waals surface area (Å²) in [6.45, 7) is 13.2. The van der Waals surface area contributed by atoms with E-state index in [4.69, 9.17) is 23.7 Å². The Hall–Kier alpha value is -1.04. The average molecular weight is 511 g/mol. The van der Waals surface area contributed by atoms with E-state index in [-0.39, 0.29) is 5.97 Å². The Kier molecular flexibility index (Phi) is 11.4. The monoisotopic (exact) mass is 510 g/mol. The highest BCUT2D eigenvalue weighted by Gasteiger charge is 2.45. The number of carbonyl (C=O) groups is 1. The maximum atomic E-state index is 11.8. The Morgan fingerprint density at radius 1 is 0.794 bits per heavy atom. The predicted octanol–water partition coefficient (Wildman–Crippen LogP) is 7.73. The van der Waals surface area contributed by atoms with Gasteiger partial charge in [0, 0.05) is 12.8 Å². The first-order valence-electron chi connectivity index (χ1n) is 13.2. The van der Waals surface area contributed by atoms with Crippen molar-refractivity contribution in [3.63, 3.8) is 0 Å². The Morgan fingerprint density at radius 3 is 1.56 bits per heavy atom. The van der Waals surface area contributed by atoms with Crippen molar-refractivity contribution in [3.8, 4) is 0 Å². The lowest BCUT2D eigenvalue weighted by molar-refractivity contribution is -0.474. The third-order valence-corrected chi connectivity index (χ3v) is 16.8. The van der Waals surface area contributed by atoms with Gasteiger partial charge in [-0.15, -0.1) is 0 Å². The van der Waals surface area contributed by atoms with Crippen molar-refractivity contribution in [2.45, 2.75) is 115 Å². The zero-order chi connectivity index (χ0) is 25.2. The lowest BCUT2D eigenvalue weighted by atomic mass is 9.81. The molecule has 1 fully saturated rings. The minimum Gasteiger partial charge on any atom is -0.465 e. The molecule has 34 heavy (non-hydrogen) atoms. The van der Waals surface area contributed by atoms with E-state index >= 15 is 0 Å². The second-order valence-corrected chi connectivity index (χ2v) is 18.9. The molecule has 0 spiro atoms. The summed E-state index contributed by atoms with van der Waals surface area (Å²) >= 11 is 0. The van der Waals surface area contributed by atoms with Gasteiger partial charge in [-0.1, -0.05) is 53.7 Å². The summed E-state index contributed by atoms with van der Waals surface area (Å²) in [7, 11) is -2.48. The van der Waals surface area contributed by atoms with Crippen molar-refractivity contribution >= 4 is 22.6 Å². The molecular weight excluding hydrogens is 464 g/mol. The van der Waals surface area contributed by atoms with Crippen LogP contribution in [0, 0.1) is 0 Å². The molecule has 0 N–H and O–H groups in total. The molecule has 1 aromatic carbocycles. The van der Waals surface area contributed by atoms with E-state index in [1.165, 1.54) is 12.7 Å². The zero-order valence-electron chi connectivity index (χ0n) is 22.4. The van der Waals surface area contributed by atoms with E-state index in [0.717, 1.165) is 49.1 Å². The van der Waals surface area contributed by atoms with E-state index in [1.807, 2.05) is 24.3 Å². The van der Waals surface area contributed by atoms with Gasteiger partial charge < -0.3 is 4.74 Å². The fourth-order valence-electron chi connectivity index (χ4n) is 4.76. The van der Waals surface area contributed by atoms with Gasteiger partial charge in [-0.3, -0.25) is 9.15 Å². The van der Waals surface area contributed by atoms with Crippen LogP contribution in [0.25, 0.3) is 0 Å². The Labute approximate surface area is 208 Å². The van der Waals surface area contributed by atoms with Crippen LogP contribution < -0.4 is 0 Å². The van der Waals surface area contributed by atoms with Crippen molar-refractivity contribution in [2.75, 3.05) is 7.11 Å². The van der Waals surface area contributed by atoms with Gasteiger partial charge in [0.2, 0.25) is 22.4 Å². The highest BCUT2D eigenvalue weighted by Crippen LogP contribution is 2.43. The van der Waals surface area contributed by atoms with Gasteiger partial charge in [-0.25, -0.2) is 14.6 Å². The van der Waals surface area contributed by atoms with Crippen LogP contribution in [-0.4, -0.2) is 35.5 Å². The number of methoxy groups -OCH3 is 1. The number of hydrogen-bond acceptors (Lipinski definition) is 6. The summed E-state index contributed by atoms with van der Waals surface area (Å²) < 4.78 is 17.4.